The molecular formula is C10H15NO2. The number of terminal acetylenes is 1. The number of carboxylic acid groups (broad SMARTS) is 1. The third-order valence-corrected chi connectivity index (χ3v) is 2.25. The van der Waals surface area contributed by atoms with Crippen LogP contribution in [0.4, 0.5) is 0 Å². The summed E-state index contributed by atoms with van der Waals surface area (Å²) in [6, 6.07) is -0.310. The Morgan fingerprint density at radius 1 is 1.77 bits per heavy atom. The molecule has 1 rings (SSSR count). The number of hydrogen-bond donors (Lipinski definition) is 2. The van der Waals surface area contributed by atoms with Crippen LogP contribution in [-0.2, 0) is 4.79 Å². The third-order valence-electron chi connectivity index (χ3n) is 2.25. The molecular weight excluding hydrogens is 166 g/mol. The van der Waals surface area contributed by atoms with Crippen LogP contribution in [0.25, 0.3) is 0 Å². The summed E-state index contributed by atoms with van der Waals surface area (Å²) < 4.78 is 0. The van der Waals surface area contributed by atoms with Crippen LogP contribution in [0.15, 0.2) is 0 Å². The summed E-state index contributed by atoms with van der Waals surface area (Å²) in [7, 11) is 0. The van der Waals surface area contributed by atoms with E-state index in [2.05, 4.69) is 11.2 Å². The minimum atomic E-state index is -0.758. The zero-order valence-electron chi connectivity index (χ0n) is 7.79. The van der Waals surface area contributed by atoms with Gasteiger partial charge in [0.15, 0.2) is 0 Å². The van der Waals surface area contributed by atoms with Gasteiger partial charge in [0, 0.05) is 12.5 Å². The fourth-order valence-corrected chi connectivity index (χ4v) is 1.38. The summed E-state index contributed by atoms with van der Waals surface area (Å²) >= 11 is 0. The van der Waals surface area contributed by atoms with E-state index < -0.39 is 12.0 Å². The van der Waals surface area contributed by atoms with Gasteiger partial charge in [0.2, 0.25) is 0 Å². The fraction of sp³-hybridized carbons (Fsp3) is 0.700. The van der Waals surface area contributed by atoms with Crippen LogP contribution in [0.5, 0.6) is 0 Å². The highest BCUT2D eigenvalue weighted by atomic mass is 16.4. The lowest BCUT2D eigenvalue weighted by atomic mass is 10.1. The van der Waals surface area contributed by atoms with Crippen LogP contribution in [0, 0.1) is 18.3 Å². The maximum Gasteiger partial charge on any atom is 0.320 e. The van der Waals surface area contributed by atoms with Gasteiger partial charge in [-0.1, -0.05) is 0 Å². The van der Waals surface area contributed by atoms with Gasteiger partial charge >= 0.3 is 5.97 Å². The lowest BCUT2D eigenvalue weighted by Gasteiger charge is -2.17. The zero-order valence-corrected chi connectivity index (χ0v) is 7.79. The lowest BCUT2D eigenvalue weighted by Crippen LogP contribution is -2.43. The molecule has 1 aliphatic rings. The van der Waals surface area contributed by atoms with E-state index in [1.54, 1.807) is 0 Å². The van der Waals surface area contributed by atoms with Gasteiger partial charge in [-0.25, -0.2) is 0 Å². The Labute approximate surface area is 78.5 Å². The first kappa shape index (κ1) is 10.1. The van der Waals surface area contributed by atoms with E-state index in [-0.39, 0.29) is 6.04 Å². The van der Waals surface area contributed by atoms with Crippen molar-refractivity contribution in [3.8, 4) is 12.3 Å². The van der Waals surface area contributed by atoms with E-state index in [0.29, 0.717) is 12.3 Å². The minimum absolute atomic E-state index is 0.0895. The number of carbonyl (C=O) groups is 1. The molecule has 1 aliphatic carbocycles. The molecule has 0 saturated heterocycles. The van der Waals surface area contributed by atoms with Crippen LogP contribution in [0.1, 0.15) is 26.2 Å². The second kappa shape index (κ2) is 4.29. The molecule has 2 N–H and O–H groups in total. The monoisotopic (exact) mass is 181 g/mol. The predicted molar refractivity (Wildman–Crippen MR) is 50.2 cm³/mol. The molecule has 72 valence electrons. The number of aliphatic carboxylic acids is 1. The second-order valence-corrected chi connectivity index (χ2v) is 3.63. The van der Waals surface area contributed by atoms with Crippen molar-refractivity contribution >= 4 is 5.97 Å². The van der Waals surface area contributed by atoms with Crippen LogP contribution in [-0.4, -0.2) is 23.2 Å². The van der Waals surface area contributed by atoms with Crippen molar-refractivity contribution in [1.82, 2.24) is 5.32 Å². The summed E-state index contributed by atoms with van der Waals surface area (Å²) in [6.07, 6.45) is 7.76. The predicted octanol–water partition coefficient (Wildman–Crippen LogP) is 0.851. The van der Waals surface area contributed by atoms with E-state index >= 15 is 0 Å². The van der Waals surface area contributed by atoms with Crippen molar-refractivity contribution in [2.24, 2.45) is 5.92 Å². The highest BCUT2D eigenvalue weighted by Gasteiger charge is 2.36. The molecule has 0 heterocycles. The van der Waals surface area contributed by atoms with Crippen molar-refractivity contribution in [2.75, 3.05) is 0 Å². The summed E-state index contributed by atoms with van der Waals surface area (Å²) in [4.78, 5) is 10.8. The van der Waals surface area contributed by atoms with E-state index in [4.69, 9.17) is 11.5 Å². The minimum Gasteiger partial charge on any atom is -0.480 e. The van der Waals surface area contributed by atoms with E-state index in [9.17, 15) is 4.79 Å². The fourth-order valence-electron chi connectivity index (χ4n) is 1.38. The van der Waals surface area contributed by atoms with Crippen molar-refractivity contribution in [3.05, 3.63) is 0 Å². The van der Waals surface area contributed by atoms with Crippen LogP contribution in [0.3, 0.4) is 0 Å². The average molecular weight is 181 g/mol. The van der Waals surface area contributed by atoms with Crippen molar-refractivity contribution in [2.45, 2.75) is 38.3 Å². The van der Waals surface area contributed by atoms with E-state index in [1.165, 1.54) is 0 Å². The summed E-state index contributed by atoms with van der Waals surface area (Å²) in [6.45, 7) is 1.91. The Hall–Kier alpha value is -1.01. The number of carboxylic acids is 1. The summed E-state index contributed by atoms with van der Waals surface area (Å²) in [5.74, 6) is 2.08. The molecule has 0 radical (unpaired) electrons. The second-order valence-electron chi connectivity index (χ2n) is 3.63. The zero-order chi connectivity index (χ0) is 9.84. The average Bonchev–Trinajstić information content (AvgIpc) is 2.82. The molecule has 3 nitrogen and oxygen atoms in total. The molecule has 0 bridgehead atoms. The SMILES string of the molecule is C#CCC(C)NC(C(=O)O)C1CC1. The summed E-state index contributed by atoms with van der Waals surface area (Å²) in [5, 5.41) is 11.9. The molecule has 0 aromatic carbocycles. The first-order valence-electron chi connectivity index (χ1n) is 4.57. The molecule has 2 unspecified atom stereocenters. The molecule has 13 heavy (non-hydrogen) atoms. The Balaban J connectivity index is 2.38. The van der Waals surface area contributed by atoms with E-state index in [1.807, 2.05) is 6.92 Å². The van der Waals surface area contributed by atoms with E-state index in [0.717, 1.165) is 12.8 Å². The molecule has 0 amide bonds. The number of nitrogens with one attached hydrogen (secondary N) is 1. The van der Waals surface area contributed by atoms with Crippen LogP contribution >= 0.6 is 0 Å². The van der Waals surface area contributed by atoms with Crippen LogP contribution < -0.4 is 5.32 Å². The van der Waals surface area contributed by atoms with Crippen molar-refractivity contribution in [3.63, 3.8) is 0 Å². The van der Waals surface area contributed by atoms with Crippen molar-refractivity contribution < 1.29 is 9.90 Å². The first-order valence-corrected chi connectivity index (χ1v) is 4.57. The van der Waals surface area contributed by atoms with Gasteiger partial charge in [0.25, 0.3) is 0 Å². The Morgan fingerprint density at radius 3 is 2.77 bits per heavy atom. The summed E-state index contributed by atoms with van der Waals surface area (Å²) in [5.41, 5.74) is 0. The molecule has 1 fully saturated rings. The van der Waals surface area contributed by atoms with Gasteiger partial charge in [-0.15, -0.1) is 12.3 Å². The highest BCUT2D eigenvalue weighted by Crippen LogP contribution is 2.32. The molecule has 0 aromatic heterocycles. The standard InChI is InChI=1S/C10H15NO2/c1-3-4-7(2)11-9(10(12)13)8-5-6-8/h1,7-9,11H,4-6H2,2H3,(H,12,13). The molecule has 0 spiro atoms. The number of hydrogen-bond acceptors (Lipinski definition) is 2. The molecule has 1 saturated carbocycles. The normalized spacial score (nSPS) is 20.3. The van der Waals surface area contributed by atoms with Gasteiger partial charge in [-0.2, -0.15) is 0 Å². The van der Waals surface area contributed by atoms with Gasteiger partial charge in [-0.3, -0.25) is 4.79 Å². The largest absolute Gasteiger partial charge is 0.480 e. The maximum absolute atomic E-state index is 10.8. The molecule has 2 atom stereocenters. The molecule has 0 aliphatic heterocycles. The van der Waals surface area contributed by atoms with Gasteiger partial charge in [0.1, 0.15) is 6.04 Å². The Kier molecular flexibility index (Phi) is 3.32. The molecule has 3 heteroatoms. The lowest BCUT2D eigenvalue weighted by molar-refractivity contribution is -0.140. The first-order chi connectivity index (χ1) is 6.15. The quantitative estimate of drug-likeness (QED) is 0.618. The smallest absolute Gasteiger partial charge is 0.320 e. The maximum atomic E-state index is 10.8. The number of rotatable bonds is 5. The van der Waals surface area contributed by atoms with Gasteiger partial charge in [-0.05, 0) is 25.7 Å². The molecule has 0 aromatic rings. The van der Waals surface area contributed by atoms with Gasteiger partial charge < -0.3 is 10.4 Å². The Bertz CT molecular complexity index is 228. The Morgan fingerprint density at radius 2 is 2.38 bits per heavy atom. The van der Waals surface area contributed by atoms with Crippen molar-refractivity contribution in [1.29, 1.82) is 0 Å². The third kappa shape index (κ3) is 3.08. The highest BCUT2D eigenvalue weighted by molar-refractivity contribution is 5.74. The van der Waals surface area contributed by atoms with Crippen LogP contribution in [0.2, 0.25) is 0 Å². The topological polar surface area (TPSA) is 49.3 Å². The van der Waals surface area contributed by atoms with Gasteiger partial charge in [0.05, 0.1) is 0 Å².